The van der Waals surface area contributed by atoms with Crippen molar-refractivity contribution in [3.05, 3.63) is 40.6 Å². The van der Waals surface area contributed by atoms with E-state index < -0.39 is 10.0 Å². The van der Waals surface area contributed by atoms with Crippen LogP contribution in [-0.4, -0.2) is 8.42 Å². The van der Waals surface area contributed by atoms with Crippen LogP contribution in [0.5, 0.6) is 0 Å². The number of halogens is 1. The van der Waals surface area contributed by atoms with E-state index in [0.717, 1.165) is 0 Å². The topological polar surface area (TPSA) is 60.2 Å². The van der Waals surface area contributed by atoms with Crippen molar-refractivity contribution in [3.63, 3.8) is 0 Å². The predicted molar refractivity (Wildman–Crippen MR) is 53.2 cm³/mol. The minimum atomic E-state index is -3.64. The average Bonchev–Trinajstić information content (AvgIpc) is 2.07. The van der Waals surface area contributed by atoms with Crippen molar-refractivity contribution in [2.24, 2.45) is 5.14 Å². The van der Waals surface area contributed by atoms with Crippen LogP contribution in [0.4, 0.5) is 4.39 Å². The molecule has 0 spiro atoms. The van der Waals surface area contributed by atoms with Crippen molar-refractivity contribution in [1.29, 1.82) is 0 Å². The molecule has 0 amide bonds. The summed E-state index contributed by atoms with van der Waals surface area (Å²) in [5.41, 5.74) is 0.595. The third-order valence-electron chi connectivity index (χ3n) is 1.69. The summed E-state index contributed by atoms with van der Waals surface area (Å²) in [4.78, 5) is 0.0455. The van der Waals surface area contributed by atoms with E-state index in [1.807, 2.05) is 0 Å². The van der Waals surface area contributed by atoms with E-state index in [-0.39, 0.29) is 10.7 Å². The van der Waals surface area contributed by atoms with E-state index in [9.17, 15) is 12.8 Å². The SMILES string of the molecule is CC(=Cc1ccc(F)cc1)S(N)(=O)=O. The number of allylic oxidation sites excluding steroid dienone is 1. The molecular formula is C9H10FNO2S. The molecule has 3 nitrogen and oxygen atoms in total. The smallest absolute Gasteiger partial charge is 0.225 e. The Kier molecular flexibility index (Phi) is 3.03. The molecule has 0 unspecified atom stereocenters. The minimum absolute atomic E-state index is 0.0455. The lowest BCUT2D eigenvalue weighted by Crippen LogP contribution is -2.12. The van der Waals surface area contributed by atoms with Crippen molar-refractivity contribution in [2.75, 3.05) is 0 Å². The van der Waals surface area contributed by atoms with Crippen LogP contribution in [0.1, 0.15) is 12.5 Å². The summed E-state index contributed by atoms with van der Waals surface area (Å²) in [6.07, 6.45) is 1.38. The molecule has 0 aliphatic heterocycles. The maximum Gasteiger partial charge on any atom is 0.233 e. The van der Waals surface area contributed by atoms with Crippen molar-refractivity contribution in [2.45, 2.75) is 6.92 Å². The number of sulfonamides is 1. The molecule has 1 aromatic carbocycles. The quantitative estimate of drug-likeness (QED) is 0.812. The van der Waals surface area contributed by atoms with Crippen LogP contribution in [-0.2, 0) is 10.0 Å². The first-order valence-corrected chi connectivity index (χ1v) is 5.41. The summed E-state index contributed by atoms with van der Waals surface area (Å²) in [5, 5.41) is 4.89. The second-order valence-electron chi connectivity index (χ2n) is 2.85. The zero-order valence-corrected chi connectivity index (χ0v) is 8.38. The minimum Gasteiger partial charge on any atom is -0.225 e. The molecule has 0 fully saturated rings. The van der Waals surface area contributed by atoms with Crippen LogP contribution >= 0.6 is 0 Å². The molecule has 0 radical (unpaired) electrons. The van der Waals surface area contributed by atoms with Crippen molar-refractivity contribution >= 4 is 16.1 Å². The number of primary sulfonamides is 1. The molecule has 1 rings (SSSR count). The fourth-order valence-corrected chi connectivity index (χ4v) is 1.18. The molecule has 0 aliphatic carbocycles. The molecule has 0 heterocycles. The second kappa shape index (κ2) is 3.89. The number of hydrogen-bond acceptors (Lipinski definition) is 2. The summed E-state index contributed by atoms with van der Waals surface area (Å²) >= 11 is 0. The molecule has 14 heavy (non-hydrogen) atoms. The molecule has 0 saturated carbocycles. The van der Waals surface area contributed by atoms with Gasteiger partial charge in [0, 0.05) is 0 Å². The van der Waals surface area contributed by atoms with E-state index in [2.05, 4.69) is 0 Å². The summed E-state index contributed by atoms with van der Waals surface area (Å²) < 4.78 is 34.2. The Labute approximate surface area is 82.1 Å². The summed E-state index contributed by atoms with van der Waals surface area (Å²) in [5.74, 6) is -0.365. The normalized spacial score (nSPS) is 12.9. The van der Waals surface area contributed by atoms with Gasteiger partial charge in [-0.15, -0.1) is 0 Å². The molecule has 0 saturated heterocycles. The Morgan fingerprint density at radius 2 is 1.86 bits per heavy atom. The lowest BCUT2D eigenvalue weighted by molar-refractivity contribution is 0.604. The van der Waals surface area contributed by atoms with Gasteiger partial charge in [0.05, 0.1) is 4.91 Å². The van der Waals surface area contributed by atoms with Crippen molar-refractivity contribution < 1.29 is 12.8 Å². The third-order valence-corrected chi connectivity index (χ3v) is 2.70. The van der Waals surface area contributed by atoms with Gasteiger partial charge in [-0.3, -0.25) is 0 Å². The highest BCUT2D eigenvalue weighted by molar-refractivity contribution is 7.93. The van der Waals surface area contributed by atoms with E-state index >= 15 is 0 Å². The van der Waals surface area contributed by atoms with E-state index in [1.54, 1.807) is 0 Å². The molecule has 2 N–H and O–H groups in total. The first-order valence-electron chi connectivity index (χ1n) is 3.86. The Bertz CT molecular complexity index is 448. The van der Waals surface area contributed by atoms with Crippen LogP contribution in [0.15, 0.2) is 29.2 Å². The number of benzene rings is 1. The van der Waals surface area contributed by atoms with Crippen LogP contribution in [0.3, 0.4) is 0 Å². The number of rotatable bonds is 2. The standard InChI is InChI=1S/C9H10FNO2S/c1-7(14(11,12)13)6-8-2-4-9(10)5-3-8/h2-6H,1H3,(H2,11,12,13). The number of hydrogen-bond donors (Lipinski definition) is 1. The van der Waals surface area contributed by atoms with E-state index in [1.165, 1.54) is 37.3 Å². The number of nitrogens with two attached hydrogens (primary N) is 1. The van der Waals surface area contributed by atoms with Gasteiger partial charge in [0.1, 0.15) is 5.82 Å². The van der Waals surface area contributed by atoms with Gasteiger partial charge in [0.25, 0.3) is 0 Å². The largest absolute Gasteiger partial charge is 0.233 e. The Hall–Kier alpha value is -1.20. The molecule has 0 aliphatic rings. The first-order chi connectivity index (χ1) is 6.39. The third kappa shape index (κ3) is 2.93. The Balaban J connectivity index is 3.05. The maximum absolute atomic E-state index is 12.5. The van der Waals surface area contributed by atoms with Gasteiger partial charge >= 0.3 is 0 Å². The Morgan fingerprint density at radius 3 is 2.29 bits per heavy atom. The van der Waals surface area contributed by atoms with Crippen LogP contribution in [0.25, 0.3) is 6.08 Å². The predicted octanol–water partition coefficient (Wildman–Crippen LogP) is 1.47. The fraction of sp³-hybridized carbons (Fsp3) is 0.111. The molecule has 0 atom stereocenters. The summed E-state index contributed by atoms with van der Waals surface area (Å²) in [7, 11) is -3.64. The highest BCUT2D eigenvalue weighted by Gasteiger charge is 2.04. The molecule has 0 aromatic heterocycles. The highest BCUT2D eigenvalue weighted by Crippen LogP contribution is 2.10. The lowest BCUT2D eigenvalue weighted by atomic mass is 10.2. The highest BCUT2D eigenvalue weighted by atomic mass is 32.2. The summed E-state index contributed by atoms with van der Waals surface area (Å²) in [6.45, 7) is 1.39. The van der Waals surface area contributed by atoms with Crippen molar-refractivity contribution in [1.82, 2.24) is 0 Å². The van der Waals surface area contributed by atoms with Gasteiger partial charge in [0.2, 0.25) is 10.0 Å². The Morgan fingerprint density at radius 1 is 1.36 bits per heavy atom. The van der Waals surface area contributed by atoms with Gasteiger partial charge in [-0.05, 0) is 30.7 Å². The van der Waals surface area contributed by atoms with E-state index in [0.29, 0.717) is 5.56 Å². The molecule has 1 aromatic rings. The summed E-state index contributed by atoms with van der Waals surface area (Å²) in [6, 6.07) is 5.46. The monoisotopic (exact) mass is 215 g/mol. The van der Waals surface area contributed by atoms with Gasteiger partial charge in [-0.25, -0.2) is 17.9 Å². The van der Waals surface area contributed by atoms with Gasteiger partial charge in [0.15, 0.2) is 0 Å². The zero-order valence-electron chi connectivity index (χ0n) is 7.57. The molecule has 76 valence electrons. The molecule has 5 heteroatoms. The van der Waals surface area contributed by atoms with Gasteiger partial charge in [-0.1, -0.05) is 12.1 Å². The fourth-order valence-electron chi connectivity index (χ4n) is 0.876. The molecule has 0 bridgehead atoms. The first kappa shape index (κ1) is 10.9. The maximum atomic E-state index is 12.5. The van der Waals surface area contributed by atoms with Gasteiger partial charge in [-0.2, -0.15) is 0 Å². The van der Waals surface area contributed by atoms with Crippen molar-refractivity contribution in [3.8, 4) is 0 Å². The lowest BCUT2D eigenvalue weighted by Gasteiger charge is -1.97. The average molecular weight is 215 g/mol. The van der Waals surface area contributed by atoms with Crippen LogP contribution < -0.4 is 5.14 Å². The van der Waals surface area contributed by atoms with Crippen LogP contribution in [0.2, 0.25) is 0 Å². The van der Waals surface area contributed by atoms with E-state index in [4.69, 9.17) is 5.14 Å². The zero-order chi connectivity index (χ0) is 10.8. The molecular weight excluding hydrogens is 205 g/mol. The second-order valence-corrected chi connectivity index (χ2v) is 4.59. The van der Waals surface area contributed by atoms with Gasteiger partial charge < -0.3 is 0 Å². The van der Waals surface area contributed by atoms with Crippen LogP contribution in [0, 0.1) is 5.82 Å².